The highest BCUT2D eigenvalue weighted by Crippen LogP contribution is 2.26. The number of rotatable bonds is 4. The van der Waals surface area contributed by atoms with Gasteiger partial charge in [0.05, 0.1) is 10.6 Å². The zero-order valence-electron chi connectivity index (χ0n) is 12.6. The van der Waals surface area contributed by atoms with Gasteiger partial charge in [-0.15, -0.1) is 0 Å². The fraction of sp³-hybridized carbons (Fsp3) is 0.267. The molecule has 112 valence electrons. The molecule has 0 saturated carbocycles. The van der Waals surface area contributed by atoms with Gasteiger partial charge >= 0.3 is 0 Å². The summed E-state index contributed by atoms with van der Waals surface area (Å²) in [6, 6.07) is 6.97. The summed E-state index contributed by atoms with van der Waals surface area (Å²) in [6.07, 6.45) is 1.58. The molecular formula is C15H19N3O2S. The second-order valence-electron chi connectivity index (χ2n) is 4.98. The fourth-order valence-electron chi connectivity index (χ4n) is 2.33. The predicted molar refractivity (Wildman–Crippen MR) is 85.2 cm³/mol. The summed E-state index contributed by atoms with van der Waals surface area (Å²) in [5, 5.41) is 3.02. The van der Waals surface area contributed by atoms with E-state index < -0.39 is 10.0 Å². The first-order chi connectivity index (χ1) is 9.83. The van der Waals surface area contributed by atoms with Gasteiger partial charge in [0, 0.05) is 24.6 Å². The van der Waals surface area contributed by atoms with Gasteiger partial charge in [0.25, 0.3) is 10.0 Å². The van der Waals surface area contributed by atoms with E-state index in [1.807, 2.05) is 19.1 Å². The second kappa shape index (κ2) is 5.73. The highest BCUT2D eigenvalue weighted by Gasteiger charge is 2.20. The van der Waals surface area contributed by atoms with Gasteiger partial charge in [-0.05, 0) is 56.2 Å². The van der Waals surface area contributed by atoms with E-state index in [0.29, 0.717) is 21.7 Å². The first kappa shape index (κ1) is 15.3. The Kier molecular flexibility index (Phi) is 4.18. The van der Waals surface area contributed by atoms with Crippen molar-refractivity contribution >= 4 is 21.4 Å². The largest absolute Gasteiger partial charge is 0.388 e. The van der Waals surface area contributed by atoms with Crippen LogP contribution in [0.3, 0.4) is 0 Å². The van der Waals surface area contributed by atoms with Crippen molar-refractivity contribution in [1.29, 1.82) is 0 Å². The molecule has 1 aromatic heterocycles. The van der Waals surface area contributed by atoms with Gasteiger partial charge in [0.1, 0.15) is 0 Å². The predicted octanol–water partition coefficient (Wildman–Crippen LogP) is 2.85. The van der Waals surface area contributed by atoms with Crippen LogP contribution in [0.4, 0.5) is 11.4 Å². The molecule has 5 nitrogen and oxygen atoms in total. The maximum absolute atomic E-state index is 12.6. The lowest BCUT2D eigenvalue weighted by atomic mass is 10.1. The van der Waals surface area contributed by atoms with E-state index in [4.69, 9.17) is 0 Å². The number of pyridine rings is 1. The molecule has 0 fully saturated rings. The summed E-state index contributed by atoms with van der Waals surface area (Å²) in [5.74, 6) is 0. The van der Waals surface area contributed by atoms with Crippen molar-refractivity contribution in [3.63, 3.8) is 0 Å². The van der Waals surface area contributed by atoms with Crippen LogP contribution in [0.5, 0.6) is 0 Å². The Morgan fingerprint density at radius 1 is 1.00 bits per heavy atom. The van der Waals surface area contributed by atoms with Gasteiger partial charge < -0.3 is 5.32 Å². The molecule has 0 spiro atoms. The van der Waals surface area contributed by atoms with Gasteiger partial charge in [-0.1, -0.05) is 0 Å². The molecule has 2 N–H and O–H groups in total. The molecule has 0 atom stereocenters. The van der Waals surface area contributed by atoms with Gasteiger partial charge in [-0.25, -0.2) is 8.42 Å². The number of hydrogen-bond acceptors (Lipinski definition) is 4. The standard InChI is InChI=1S/C15H19N3O2S/c1-10-7-14(16-4)8-11(2)15(10)21(19,20)18-13-5-6-17-12(3)9-13/h5-9,16H,1-4H3,(H,17,18). The maximum atomic E-state index is 12.6. The van der Waals surface area contributed by atoms with Crippen molar-refractivity contribution in [2.45, 2.75) is 25.7 Å². The van der Waals surface area contributed by atoms with Crippen molar-refractivity contribution in [3.8, 4) is 0 Å². The van der Waals surface area contributed by atoms with Gasteiger partial charge in [0.2, 0.25) is 0 Å². The van der Waals surface area contributed by atoms with Crippen molar-refractivity contribution < 1.29 is 8.42 Å². The zero-order valence-corrected chi connectivity index (χ0v) is 13.4. The lowest BCUT2D eigenvalue weighted by Gasteiger charge is -2.14. The third-order valence-corrected chi connectivity index (χ3v) is 4.85. The SMILES string of the molecule is CNc1cc(C)c(S(=O)(=O)Nc2ccnc(C)c2)c(C)c1. The third kappa shape index (κ3) is 3.33. The van der Waals surface area contributed by atoms with Crippen molar-refractivity contribution in [1.82, 2.24) is 4.98 Å². The van der Waals surface area contributed by atoms with Crippen LogP contribution in [-0.2, 0) is 10.0 Å². The van der Waals surface area contributed by atoms with Crippen LogP contribution in [0, 0.1) is 20.8 Å². The number of hydrogen-bond donors (Lipinski definition) is 2. The van der Waals surface area contributed by atoms with Crippen molar-refractivity contribution in [3.05, 3.63) is 47.3 Å². The minimum Gasteiger partial charge on any atom is -0.388 e. The third-order valence-electron chi connectivity index (χ3n) is 3.17. The number of sulfonamides is 1. The van der Waals surface area contributed by atoms with E-state index >= 15 is 0 Å². The Bertz CT molecular complexity index is 747. The van der Waals surface area contributed by atoms with Crippen LogP contribution in [0.1, 0.15) is 16.8 Å². The highest BCUT2D eigenvalue weighted by molar-refractivity contribution is 7.92. The zero-order chi connectivity index (χ0) is 15.6. The van der Waals surface area contributed by atoms with Gasteiger partial charge in [-0.3, -0.25) is 9.71 Å². The molecule has 0 bridgehead atoms. The number of benzene rings is 1. The lowest BCUT2D eigenvalue weighted by molar-refractivity contribution is 0.600. The molecule has 0 aliphatic carbocycles. The van der Waals surface area contributed by atoms with E-state index in [1.54, 1.807) is 39.2 Å². The first-order valence-corrected chi connectivity index (χ1v) is 8.06. The minimum atomic E-state index is -3.62. The average Bonchev–Trinajstić information content (AvgIpc) is 2.36. The quantitative estimate of drug-likeness (QED) is 0.911. The van der Waals surface area contributed by atoms with Crippen LogP contribution in [0.15, 0.2) is 35.4 Å². The van der Waals surface area contributed by atoms with Crippen LogP contribution in [-0.4, -0.2) is 20.4 Å². The number of nitrogens with zero attached hydrogens (tertiary/aromatic N) is 1. The Balaban J connectivity index is 2.45. The molecule has 0 radical (unpaired) electrons. The van der Waals surface area contributed by atoms with Crippen LogP contribution in [0.25, 0.3) is 0 Å². The molecule has 21 heavy (non-hydrogen) atoms. The molecule has 1 aromatic carbocycles. The topological polar surface area (TPSA) is 71.1 Å². The van der Waals surface area contributed by atoms with Crippen molar-refractivity contribution in [2.24, 2.45) is 0 Å². The van der Waals surface area contributed by atoms with E-state index in [-0.39, 0.29) is 0 Å². The van der Waals surface area contributed by atoms with Crippen LogP contribution < -0.4 is 10.0 Å². The first-order valence-electron chi connectivity index (χ1n) is 6.58. The van der Waals surface area contributed by atoms with E-state index in [9.17, 15) is 8.42 Å². The molecule has 0 saturated heterocycles. The fourth-order valence-corrected chi connectivity index (χ4v) is 3.84. The maximum Gasteiger partial charge on any atom is 0.262 e. The summed E-state index contributed by atoms with van der Waals surface area (Å²) < 4.78 is 27.8. The molecule has 0 aliphatic heterocycles. The highest BCUT2D eigenvalue weighted by atomic mass is 32.2. The Morgan fingerprint density at radius 3 is 2.14 bits per heavy atom. The van der Waals surface area contributed by atoms with E-state index in [0.717, 1.165) is 11.4 Å². The summed E-state index contributed by atoms with van der Waals surface area (Å²) >= 11 is 0. The van der Waals surface area contributed by atoms with E-state index in [2.05, 4.69) is 15.0 Å². The molecule has 2 aromatic rings. The molecule has 2 rings (SSSR count). The number of nitrogens with one attached hydrogen (secondary N) is 2. The average molecular weight is 305 g/mol. The summed E-state index contributed by atoms with van der Waals surface area (Å²) in [4.78, 5) is 4.37. The Hall–Kier alpha value is -2.08. The number of aromatic nitrogens is 1. The lowest BCUT2D eigenvalue weighted by Crippen LogP contribution is -2.16. The van der Waals surface area contributed by atoms with Crippen LogP contribution in [0.2, 0.25) is 0 Å². The Labute approximate surface area is 125 Å². The monoisotopic (exact) mass is 305 g/mol. The summed E-state index contributed by atoms with van der Waals surface area (Å²) in [5.41, 5.74) is 3.58. The molecule has 1 heterocycles. The molecular weight excluding hydrogens is 286 g/mol. The van der Waals surface area contributed by atoms with Crippen LogP contribution >= 0.6 is 0 Å². The molecule has 0 amide bonds. The van der Waals surface area contributed by atoms with Gasteiger partial charge in [0.15, 0.2) is 0 Å². The van der Waals surface area contributed by atoms with E-state index in [1.165, 1.54) is 0 Å². The molecule has 6 heteroatoms. The van der Waals surface area contributed by atoms with Gasteiger partial charge in [-0.2, -0.15) is 0 Å². The molecule has 0 unspecified atom stereocenters. The Morgan fingerprint density at radius 2 is 1.62 bits per heavy atom. The summed E-state index contributed by atoms with van der Waals surface area (Å²) in [7, 11) is -1.82. The molecule has 0 aliphatic rings. The summed E-state index contributed by atoms with van der Waals surface area (Å²) in [6.45, 7) is 5.40. The number of aryl methyl sites for hydroxylation is 3. The normalized spacial score (nSPS) is 11.2. The number of anilines is 2. The second-order valence-corrected chi connectivity index (χ2v) is 6.60. The smallest absolute Gasteiger partial charge is 0.262 e. The minimum absolute atomic E-state index is 0.316. The van der Waals surface area contributed by atoms with Crippen molar-refractivity contribution in [2.75, 3.05) is 17.1 Å².